The second-order valence-electron chi connectivity index (χ2n) is 10.2. The lowest BCUT2D eigenvalue weighted by atomic mass is 9.82. The highest BCUT2D eigenvalue weighted by Gasteiger charge is 2.59. The number of hydrogen-bond donors (Lipinski definition) is 4. The zero-order valence-corrected chi connectivity index (χ0v) is 22.7. The molecule has 0 aromatic heterocycles. The van der Waals surface area contributed by atoms with Gasteiger partial charge in [-0.05, 0) is 31.8 Å². The monoisotopic (exact) mass is 596 g/mol. The van der Waals surface area contributed by atoms with Crippen molar-refractivity contribution in [3.63, 3.8) is 0 Å². The number of ether oxygens (including phenoxy) is 5. The number of carbonyl (C=O) groups is 3. The van der Waals surface area contributed by atoms with Crippen LogP contribution in [-0.4, -0.2) is 123 Å². The van der Waals surface area contributed by atoms with Crippen LogP contribution in [0.4, 0.5) is 13.2 Å². The largest absolute Gasteiger partial charge is 0.471 e. The van der Waals surface area contributed by atoms with Gasteiger partial charge in [-0.3, -0.25) is 14.4 Å². The van der Waals surface area contributed by atoms with Gasteiger partial charge in [-0.25, -0.2) is 0 Å². The van der Waals surface area contributed by atoms with Crippen LogP contribution in [0.25, 0.3) is 0 Å². The van der Waals surface area contributed by atoms with Crippen LogP contribution in [0, 0.1) is 5.92 Å². The van der Waals surface area contributed by atoms with E-state index < -0.39 is 42.0 Å². The fraction of sp³-hybridized carbons (Fsp3) is 0.808. The summed E-state index contributed by atoms with van der Waals surface area (Å²) in [5.41, 5.74) is -1.28. The molecule has 3 aliphatic rings. The molecule has 2 saturated heterocycles. The normalized spacial score (nSPS) is 28.0. The Bertz CT molecular complexity index is 901. The van der Waals surface area contributed by atoms with E-state index in [1.54, 1.807) is 5.32 Å². The van der Waals surface area contributed by atoms with Gasteiger partial charge >= 0.3 is 12.1 Å². The first kappa shape index (κ1) is 33.4. The van der Waals surface area contributed by atoms with Crippen LogP contribution in [0.5, 0.6) is 0 Å². The summed E-state index contributed by atoms with van der Waals surface area (Å²) in [6.45, 7) is 2.11. The maximum atomic E-state index is 12.6. The van der Waals surface area contributed by atoms with Crippen molar-refractivity contribution in [3.8, 4) is 0 Å². The van der Waals surface area contributed by atoms with Gasteiger partial charge in [0, 0.05) is 18.5 Å². The van der Waals surface area contributed by atoms with E-state index in [1.807, 2.05) is 0 Å². The molecule has 3 rings (SSSR count). The van der Waals surface area contributed by atoms with Crippen molar-refractivity contribution >= 4 is 17.6 Å². The first-order valence-corrected chi connectivity index (χ1v) is 13.8. The molecular weight excluding hydrogens is 557 g/mol. The average Bonchev–Trinajstić information content (AvgIpc) is 3.29. The summed E-state index contributed by atoms with van der Waals surface area (Å²) in [5, 5.41) is 25.2. The summed E-state index contributed by atoms with van der Waals surface area (Å²) < 4.78 is 65.1. The summed E-state index contributed by atoms with van der Waals surface area (Å²) in [6.07, 6.45) is -3.26. The predicted molar refractivity (Wildman–Crippen MR) is 135 cm³/mol. The van der Waals surface area contributed by atoms with Crippen molar-refractivity contribution in [1.29, 1.82) is 0 Å². The number of aliphatic hydroxyl groups excluding tert-OH is 2. The molecule has 5 atom stereocenters. The summed E-state index contributed by atoms with van der Waals surface area (Å²) in [4.78, 5) is 34.6. The molecular formula is C26H39F3N2O10. The average molecular weight is 597 g/mol. The van der Waals surface area contributed by atoms with Crippen molar-refractivity contribution in [3.05, 3.63) is 12.2 Å². The zero-order valence-electron chi connectivity index (χ0n) is 22.7. The van der Waals surface area contributed by atoms with Crippen LogP contribution >= 0.6 is 0 Å². The Morgan fingerprint density at radius 3 is 2.10 bits per heavy atom. The lowest BCUT2D eigenvalue weighted by Gasteiger charge is -2.44. The molecule has 0 aromatic rings. The van der Waals surface area contributed by atoms with Crippen LogP contribution in [0.2, 0.25) is 0 Å². The van der Waals surface area contributed by atoms with Crippen molar-refractivity contribution in [1.82, 2.24) is 10.6 Å². The van der Waals surface area contributed by atoms with E-state index in [1.165, 1.54) is 12.2 Å². The van der Waals surface area contributed by atoms with Crippen molar-refractivity contribution < 1.29 is 61.5 Å². The van der Waals surface area contributed by atoms with E-state index in [9.17, 15) is 37.8 Å². The number of amides is 2. The summed E-state index contributed by atoms with van der Waals surface area (Å²) in [5.74, 6) is -2.48. The number of allylic oxidation sites excluding steroid dienone is 1. The molecule has 15 heteroatoms. The number of carbonyl (C=O) groups excluding carboxylic acids is 3. The Morgan fingerprint density at radius 2 is 1.51 bits per heavy atom. The number of rotatable bonds is 18. The molecule has 1 saturated carbocycles. The second-order valence-corrected chi connectivity index (χ2v) is 10.2. The van der Waals surface area contributed by atoms with Crippen LogP contribution in [-0.2, 0) is 38.1 Å². The summed E-state index contributed by atoms with van der Waals surface area (Å²) in [7, 11) is 0. The second kappa shape index (κ2) is 15.9. The molecule has 0 spiro atoms. The van der Waals surface area contributed by atoms with E-state index in [0.29, 0.717) is 33.0 Å². The van der Waals surface area contributed by atoms with Gasteiger partial charge in [-0.15, -0.1) is 0 Å². The van der Waals surface area contributed by atoms with Crippen molar-refractivity contribution in [2.45, 2.75) is 68.2 Å². The Hall–Kier alpha value is -2.14. The molecule has 1 aliphatic carbocycles. The lowest BCUT2D eigenvalue weighted by Crippen LogP contribution is -2.66. The number of alkyl halides is 3. The van der Waals surface area contributed by atoms with Gasteiger partial charge in [-0.2, -0.15) is 13.2 Å². The molecule has 0 aromatic carbocycles. The third-order valence-electron chi connectivity index (χ3n) is 7.34. The Labute approximate surface area is 235 Å². The molecule has 234 valence electrons. The number of hydrogen-bond acceptors (Lipinski definition) is 10. The first-order valence-electron chi connectivity index (χ1n) is 13.8. The number of ketones is 1. The quantitative estimate of drug-likeness (QED) is 0.123. The highest BCUT2D eigenvalue weighted by molar-refractivity contribution is 5.99. The van der Waals surface area contributed by atoms with Gasteiger partial charge in [0.25, 0.3) is 0 Å². The third-order valence-corrected chi connectivity index (χ3v) is 7.34. The maximum absolute atomic E-state index is 12.6. The van der Waals surface area contributed by atoms with Crippen LogP contribution in [0.3, 0.4) is 0 Å². The molecule has 2 heterocycles. The molecule has 0 radical (unpaired) electrons. The fourth-order valence-corrected chi connectivity index (χ4v) is 4.80. The predicted octanol–water partition coefficient (Wildman–Crippen LogP) is -0.205. The minimum absolute atomic E-state index is 0.00253. The van der Waals surface area contributed by atoms with Gasteiger partial charge in [0.1, 0.15) is 17.8 Å². The Kier molecular flexibility index (Phi) is 12.9. The molecule has 4 N–H and O–H groups in total. The molecule has 41 heavy (non-hydrogen) atoms. The number of halogens is 3. The van der Waals surface area contributed by atoms with Crippen molar-refractivity contribution in [2.24, 2.45) is 5.92 Å². The summed E-state index contributed by atoms with van der Waals surface area (Å²) >= 11 is 0. The van der Waals surface area contributed by atoms with Crippen molar-refractivity contribution in [2.75, 3.05) is 59.4 Å². The van der Waals surface area contributed by atoms with E-state index in [4.69, 9.17) is 23.7 Å². The molecule has 12 nitrogen and oxygen atoms in total. The molecule has 2 bridgehead atoms. The highest BCUT2D eigenvalue weighted by atomic mass is 19.4. The van der Waals surface area contributed by atoms with Crippen LogP contribution < -0.4 is 10.6 Å². The Balaban J connectivity index is 1.15. The molecule has 2 aliphatic heterocycles. The van der Waals surface area contributed by atoms with Gasteiger partial charge in [-0.1, -0.05) is 6.42 Å². The number of nitrogens with one attached hydrogen (secondary N) is 2. The SMILES string of the molecule is O=C(/C=C/C(=O)C1CCC1)NCCOCCOCCOCCOC[C@@]12CC[C@@H](O1)[C@@H](NC(=O)C(F)(F)F)[C@@H](O)[C@H]2O. The van der Waals surface area contributed by atoms with Gasteiger partial charge in [0.15, 0.2) is 5.78 Å². The van der Waals surface area contributed by atoms with Crippen LogP contribution in [0.1, 0.15) is 32.1 Å². The lowest BCUT2D eigenvalue weighted by molar-refractivity contribution is -0.229. The smallest absolute Gasteiger partial charge is 0.388 e. The third kappa shape index (κ3) is 9.98. The zero-order chi connectivity index (χ0) is 29.9. The van der Waals surface area contributed by atoms with Gasteiger partial charge < -0.3 is 44.5 Å². The topological polar surface area (TPSA) is 162 Å². The fourth-order valence-electron chi connectivity index (χ4n) is 4.80. The van der Waals surface area contributed by atoms with Crippen LogP contribution in [0.15, 0.2) is 12.2 Å². The molecule has 2 amide bonds. The van der Waals surface area contributed by atoms with Gasteiger partial charge in [0.2, 0.25) is 5.91 Å². The Morgan fingerprint density at radius 1 is 0.902 bits per heavy atom. The minimum Gasteiger partial charge on any atom is -0.388 e. The summed E-state index contributed by atoms with van der Waals surface area (Å²) in [6, 6.07) is -1.38. The first-order chi connectivity index (χ1) is 19.5. The molecule has 3 fully saturated rings. The minimum atomic E-state index is -5.11. The molecule has 0 unspecified atom stereocenters. The standard InChI is InChI=1S/C26H39F3N2O10/c27-26(28,29)24(36)31-21-19-6-7-25(41-19,23(35)22(21)34)16-40-15-14-39-13-12-38-11-10-37-9-8-30-20(33)5-4-18(32)17-2-1-3-17/h4-5,17,19,21-23,34-35H,1-3,6-16H2,(H,30,33)(H,31,36)/b5-4+/t19-,21-,22-,23-,25-/m1/s1. The number of fused-ring (bicyclic) bond motifs is 2. The van der Waals surface area contributed by atoms with Gasteiger partial charge in [0.05, 0.1) is 65.0 Å². The van der Waals surface area contributed by atoms with E-state index >= 15 is 0 Å². The maximum Gasteiger partial charge on any atom is 0.471 e. The van der Waals surface area contributed by atoms with E-state index in [0.717, 1.165) is 19.3 Å². The number of aliphatic hydroxyl groups is 2. The highest BCUT2D eigenvalue weighted by Crippen LogP contribution is 2.42. The van der Waals surface area contributed by atoms with E-state index in [2.05, 4.69) is 5.32 Å². The van der Waals surface area contributed by atoms with E-state index in [-0.39, 0.29) is 56.9 Å².